The summed E-state index contributed by atoms with van der Waals surface area (Å²) in [5, 5.41) is 9.23. The zero-order valence-electron chi connectivity index (χ0n) is 15.9. The van der Waals surface area contributed by atoms with Crippen molar-refractivity contribution < 1.29 is 18.8 Å². The smallest absolute Gasteiger partial charge is 0.323 e. The van der Waals surface area contributed by atoms with Crippen molar-refractivity contribution in [3.05, 3.63) is 29.8 Å². The van der Waals surface area contributed by atoms with Gasteiger partial charge in [0.1, 0.15) is 27.8 Å². The molecule has 0 aliphatic rings. The Hall–Kier alpha value is -2.04. The number of carbonyl (C=O) groups is 1. The monoisotopic (exact) mass is 378 g/mol. The van der Waals surface area contributed by atoms with Crippen molar-refractivity contribution in [2.24, 2.45) is 10.3 Å². The Morgan fingerprint density at radius 1 is 1.42 bits per heavy atom. The van der Waals surface area contributed by atoms with Gasteiger partial charge < -0.3 is 14.0 Å². The standard InChI is InChI=1S/C19H26N2O4S/c1-6-25-18(22)15(13-20)10-11-17(21-26(23)19(2,3)4)14-8-7-9-16(12-14)24-5/h7-9,12,15H,6,10-11H2,1-5H3/b21-17+/t15?,26-/m1/s1. The van der Waals surface area contributed by atoms with Crippen LogP contribution in [-0.2, 0) is 20.9 Å². The lowest BCUT2D eigenvalue weighted by molar-refractivity contribution is -0.146. The van der Waals surface area contributed by atoms with Crippen molar-refractivity contribution in [2.75, 3.05) is 13.7 Å². The number of rotatable bonds is 8. The third kappa shape index (κ3) is 6.70. The SMILES string of the molecule is CCOC(=O)C(C#N)CC/C(=N\[S@+]([O-])C(C)(C)C)c1cccc(OC)c1. The molecule has 1 aromatic rings. The molecule has 0 saturated heterocycles. The van der Waals surface area contributed by atoms with Crippen LogP contribution in [0, 0.1) is 17.2 Å². The van der Waals surface area contributed by atoms with Gasteiger partial charge >= 0.3 is 5.97 Å². The fourth-order valence-corrected chi connectivity index (χ4v) is 2.71. The molecule has 6 nitrogen and oxygen atoms in total. The zero-order chi connectivity index (χ0) is 19.7. The van der Waals surface area contributed by atoms with Crippen LogP contribution < -0.4 is 4.74 Å². The maximum Gasteiger partial charge on any atom is 0.323 e. The summed E-state index contributed by atoms with van der Waals surface area (Å²) >= 11 is -1.46. The average Bonchev–Trinajstić information content (AvgIpc) is 2.60. The lowest BCUT2D eigenvalue weighted by Gasteiger charge is -2.20. The highest BCUT2D eigenvalue weighted by molar-refractivity contribution is 7.91. The molecule has 7 heteroatoms. The molecule has 1 unspecified atom stereocenters. The molecule has 0 heterocycles. The fourth-order valence-electron chi connectivity index (χ4n) is 2.04. The third-order valence-electron chi connectivity index (χ3n) is 3.52. The van der Waals surface area contributed by atoms with E-state index in [0.717, 1.165) is 5.56 Å². The number of carbonyl (C=O) groups excluding carboxylic acids is 1. The van der Waals surface area contributed by atoms with Crippen molar-refractivity contribution in [1.29, 1.82) is 5.26 Å². The van der Waals surface area contributed by atoms with Gasteiger partial charge in [-0.2, -0.15) is 5.26 Å². The molecule has 26 heavy (non-hydrogen) atoms. The van der Waals surface area contributed by atoms with E-state index in [0.29, 0.717) is 17.9 Å². The Morgan fingerprint density at radius 2 is 2.12 bits per heavy atom. The van der Waals surface area contributed by atoms with E-state index in [1.165, 1.54) is 0 Å². The minimum absolute atomic E-state index is 0.224. The third-order valence-corrected chi connectivity index (χ3v) is 4.95. The summed E-state index contributed by atoms with van der Waals surface area (Å²) in [5.74, 6) is -0.773. The van der Waals surface area contributed by atoms with Crippen molar-refractivity contribution in [2.45, 2.75) is 45.3 Å². The van der Waals surface area contributed by atoms with E-state index in [1.807, 2.05) is 39.0 Å². The second-order valence-electron chi connectivity index (χ2n) is 6.60. The Bertz CT molecular complexity index is 677. The van der Waals surface area contributed by atoms with Gasteiger partial charge in [0.25, 0.3) is 0 Å². The van der Waals surface area contributed by atoms with Crippen molar-refractivity contribution in [1.82, 2.24) is 0 Å². The molecule has 0 aliphatic carbocycles. The summed E-state index contributed by atoms with van der Waals surface area (Å²) in [6.07, 6.45) is 0.568. The molecular weight excluding hydrogens is 352 g/mol. The largest absolute Gasteiger partial charge is 0.591 e. The summed E-state index contributed by atoms with van der Waals surface area (Å²) in [4.78, 5) is 11.8. The molecule has 0 N–H and O–H groups in total. The van der Waals surface area contributed by atoms with Crippen LogP contribution in [0.5, 0.6) is 5.75 Å². The number of hydrogen-bond donors (Lipinski definition) is 0. The molecule has 0 bridgehead atoms. The topological polar surface area (TPSA) is 94.7 Å². The summed E-state index contributed by atoms with van der Waals surface area (Å²) in [6, 6.07) is 9.23. The van der Waals surface area contributed by atoms with Crippen LogP contribution in [0.25, 0.3) is 0 Å². The zero-order valence-corrected chi connectivity index (χ0v) is 16.8. The van der Waals surface area contributed by atoms with Gasteiger partial charge in [0, 0.05) is 5.56 Å². The van der Waals surface area contributed by atoms with Gasteiger partial charge in [0.05, 0.1) is 25.5 Å². The Labute approximate surface area is 158 Å². The average molecular weight is 378 g/mol. The number of methoxy groups -OCH3 is 1. The number of ether oxygens (including phenoxy) is 2. The molecule has 0 fully saturated rings. The highest BCUT2D eigenvalue weighted by Gasteiger charge is 2.28. The van der Waals surface area contributed by atoms with Gasteiger partial charge in [-0.25, -0.2) is 0 Å². The first-order chi connectivity index (χ1) is 12.2. The van der Waals surface area contributed by atoms with E-state index in [9.17, 15) is 14.6 Å². The van der Waals surface area contributed by atoms with E-state index in [2.05, 4.69) is 4.40 Å². The molecule has 0 aliphatic heterocycles. The highest BCUT2D eigenvalue weighted by Crippen LogP contribution is 2.22. The lowest BCUT2D eigenvalue weighted by atomic mass is 9.99. The van der Waals surface area contributed by atoms with E-state index in [4.69, 9.17) is 9.47 Å². The fraction of sp³-hybridized carbons (Fsp3) is 0.526. The number of hydrogen-bond acceptors (Lipinski definition) is 6. The minimum Gasteiger partial charge on any atom is -0.591 e. The number of nitriles is 1. The van der Waals surface area contributed by atoms with Crippen LogP contribution >= 0.6 is 0 Å². The van der Waals surface area contributed by atoms with Crippen molar-refractivity contribution in [3.63, 3.8) is 0 Å². The number of benzene rings is 1. The van der Waals surface area contributed by atoms with Crippen LogP contribution in [0.15, 0.2) is 28.7 Å². The molecule has 0 spiro atoms. The van der Waals surface area contributed by atoms with E-state index in [-0.39, 0.29) is 13.0 Å². The molecular formula is C19H26N2O4S. The van der Waals surface area contributed by atoms with E-state index >= 15 is 0 Å². The molecule has 1 rings (SSSR count). The number of nitrogens with zero attached hydrogens (tertiary/aromatic N) is 2. The van der Waals surface area contributed by atoms with Crippen molar-refractivity contribution in [3.8, 4) is 11.8 Å². The van der Waals surface area contributed by atoms with Crippen molar-refractivity contribution >= 4 is 23.0 Å². The van der Waals surface area contributed by atoms with Crippen LogP contribution in [0.1, 0.15) is 46.1 Å². The van der Waals surface area contributed by atoms with E-state index in [1.54, 1.807) is 26.2 Å². The normalized spacial score (nSPS) is 14.3. The van der Waals surface area contributed by atoms with Gasteiger partial charge in [-0.15, -0.1) is 0 Å². The molecule has 2 atom stereocenters. The van der Waals surface area contributed by atoms with E-state index < -0.39 is 28.0 Å². The molecule has 0 aromatic heterocycles. The Kier molecular flexibility index (Phi) is 8.62. The predicted molar refractivity (Wildman–Crippen MR) is 102 cm³/mol. The summed E-state index contributed by atoms with van der Waals surface area (Å²) < 4.78 is 26.5. The highest BCUT2D eigenvalue weighted by atomic mass is 32.2. The van der Waals surface area contributed by atoms with Crippen LogP contribution in [0.3, 0.4) is 0 Å². The molecule has 142 valence electrons. The molecule has 0 radical (unpaired) electrons. The van der Waals surface area contributed by atoms with Gasteiger partial charge in [0.15, 0.2) is 0 Å². The molecule has 0 saturated carbocycles. The van der Waals surface area contributed by atoms with Crippen LogP contribution in [0.4, 0.5) is 0 Å². The quantitative estimate of drug-likeness (QED) is 0.392. The Morgan fingerprint density at radius 3 is 2.65 bits per heavy atom. The van der Waals surface area contributed by atoms with Gasteiger partial charge in [-0.3, -0.25) is 4.79 Å². The van der Waals surface area contributed by atoms with Crippen LogP contribution in [-0.4, -0.2) is 34.7 Å². The summed E-state index contributed by atoms with van der Waals surface area (Å²) in [6.45, 7) is 7.44. The van der Waals surface area contributed by atoms with Gasteiger partial charge in [-0.05, 0) is 52.7 Å². The lowest BCUT2D eigenvalue weighted by Crippen LogP contribution is -2.27. The first-order valence-electron chi connectivity index (χ1n) is 8.43. The van der Waals surface area contributed by atoms with Crippen LogP contribution in [0.2, 0.25) is 0 Å². The Balaban J connectivity index is 3.10. The first kappa shape index (κ1) is 22.0. The number of esters is 1. The predicted octanol–water partition coefficient (Wildman–Crippen LogP) is 3.43. The minimum atomic E-state index is -1.46. The summed E-state index contributed by atoms with van der Waals surface area (Å²) in [7, 11) is 1.57. The molecule has 0 amide bonds. The summed E-state index contributed by atoms with van der Waals surface area (Å²) in [5.41, 5.74) is 1.32. The second kappa shape index (κ2) is 10.2. The first-order valence-corrected chi connectivity index (χ1v) is 9.53. The maximum absolute atomic E-state index is 12.5. The maximum atomic E-state index is 12.5. The van der Waals surface area contributed by atoms with Gasteiger partial charge in [-0.1, -0.05) is 16.5 Å². The molecule has 1 aromatic carbocycles. The van der Waals surface area contributed by atoms with Gasteiger partial charge in [0.2, 0.25) is 0 Å². The second-order valence-corrected chi connectivity index (χ2v) is 8.51.